The lowest BCUT2D eigenvalue weighted by Gasteiger charge is -2.36. The van der Waals surface area contributed by atoms with Gasteiger partial charge in [-0.25, -0.2) is 9.78 Å². The van der Waals surface area contributed by atoms with Crippen LogP contribution in [0, 0.1) is 0 Å². The van der Waals surface area contributed by atoms with E-state index in [0.29, 0.717) is 13.1 Å². The Morgan fingerprint density at radius 3 is 2.80 bits per heavy atom. The number of urea groups is 1. The SMILES string of the molecule is COc1cccc(N2CCN(C(=O)N[C@H](C)Cn3ccnc3)CC2)c1. The molecule has 2 amide bonds. The van der Waals surface area contributed by atoms with Gasteiger partial charge in [-0.15, -0.1) is 0 Å². The van der Waals surface area contributed by atoms with Crippen LogP contribution in [-0.4, -0.2) is 59.8 Å². The predicted molar refractivity (Wildman–Crippen MR) is 97.0 cm³/mol. The molecule has 1 aliphatic heterocycles. The minimum Gasteiger partial charge on any atom is -0.497 e. The summed E-state index contributed by atoms with van der Waals surface area (Å²) in [5.74, 6) is 0.853. The lowest BCUT2D eigenvalue weighted by atomic mass is 10.2. The van der Waals surface area contributed by atoms with Crippen molar-refractivity contribution in [3.05, 3.63) is 43.0 Å². The maximum absolute atomic E-state index is 12.4. The smallest absolute Gasteiger partial charge is 0.317 e. The van der Waals surface area contributed by atoms with E-state index in [1.165, 1.54) is 0 Å². The fourth-order valence-corrected chi connectivity index (χ4v) is 3.03. The zero-order valence-corrected chi connectivity index (χ0v) is 14.8. The van der Waals surface area contributed by atoms with Crippen LogP contribution in [0.2, 0.25) is 0 Å². The van der Waals surface area contributed by atoms with Gasteiger partial charge in [0.1, 0.15) is 5.75 Å². The molecule has 3 rings (SSSR count). The van der Waals surface area contributed by atoms with Crippen LogP contribution in [0.5, 0.6) is 5.75 Å². The highest BCUT2D eigenvalue weighted by molar-refractivity contribution is 5.74. The summed E-state index contributed by atoms with van der Waals surface area (Å²) in [7, 11) is 1.67. The molecule has 1 N–H and O–H groups in total. The summed E-state index contributed by atoms with van der Waals surface area (Å²) in [6.07, 6.45) is 5.40. The van der Waals surface area contributed by atoms with Crippen LogP contribution in [0.4, 0.5) is 10.5 Å². The summed E-state index contributed by atoms with van der Waals surface area (Å²) in [6.45, 7) is 5.77. The number of rotatable bonds is 5. The Balaban J connectivity index is 1.48. The lowest BCUT2D eigenvalue weighted by Crippen LogP contribution is -2.53. The van der Waals surface area contributed by atoms with Crippen molar-refractivity contribution in [1.29, 1.82) is 0 Å². The second-order valence-corrected chi connectivity index (χ2v) is 6.29. The Morgan fingerprint density at radius 2 is 2.12 bits per heavy atom. The van der Waals surface area contributed by atoms with Crippen molar-refractivity contribution in [2.45, 2.75) is 19.5 Å². The monoisotopic (exact) mass is 343 g/mol. The third-order valence-corrected chi connectivity index (χ3v) is 4.40. The molecule has 0 bridgehead atoms. The maximum atomic E-state index is 12.4. The van der Waals surface area contributed by atoms with Gasteiger partial charge in [-0.2, -0.15) is 0 Å². The molecule has 1 aromatic heterocycles. The van der Waals surface area contributed by atoms with E-state index in [4.69, 9.17) is 4.74 Å². The van der Waals surface area contributed by atoms with Gasteiger partial charge in [0, 0.05) is 62.9 Å². The molecular formula is C18H25N5O2. The van der Waals surface area contributed by atoms with Gasteiger partial charge in [0.25, 0.3) is 0 Å². The first-order valence-corrected chi connectivity index (χ1v) is 8.56. The van der Waals surface area contributed by atoms with Crippen LogP contribution < -0.4 is 15.0 Å². The van der Waals surface area contributed by atoms with E-state index in [9.17, 15) is 4.79 Å². The molecule has 7 heteroatoms. The minimum atomic E-state index is -0.00194. The number of hydrogen-bond donors (Lipinski definition) is 1. The Hall–Kier alpha value is -2.70. The number of amides is 2. The van der Waals surface area contributed by atoms with Gasteiger partial charge in [0.05, 0.1) is 13.4 Å². The predicted octanol–water partition coefficient (Wildman–Crippen LogP) is 1.81. The second-order valence-electron chi connectivity index (χ2n) is 6.29. The number of imidazole rings is 1. The van der Waals surface area contributed by atoms with Gasteiger partial charge >= 0.3 is 6.03 Å². The number of carbonyl (C=O) groups excluding carboxylic acids is 1. The molecule has 0 aliphatic carbocycles. The Labute approximate surface area is 148 Å². The molecular weight excluding hydrogens is 318 g/mol. The van der Waals surface area contributed by atoms with Crippen molar-refractivity contribution in [1.82, 2.24) is 19.8 Å². The Morgan fingerprint density at radius 1 is 1.32 bits per heavy atom. The first-order chi connectivity index (χ1) is 12.2. The number of hydrogen-bond acceptors (Lipinski definition) is 4. The summed E-state index contributed by atoms with van der Waals surface area (Å²) in [5.41, 5.74) is 1.13. The number of benzene rings is 1. The van der Waals surface area contributed by atoms with Crippen LogP contribution >= 0.6 is 0 Å². The van der Waals surface area contributed by atoms with Crippen molar-refractivity contribution in [3.63, 3.8) is 0 Å². The van der Waals surface area contributed by atoms with Crippen LogP contribution in [0.25, 0.3) is 0 Å². The van der Waals surface area contributed by atoms with Crippen molar-refractivity contribution in [3.8, 4) is 5.75 Å². The third-order valence-electron chi connectivity index (χ3n) is 4.40. The van der Waals surface area contributed by atoms with Crippen LogP contribution in [0.1, 0.15) is 6.92 Å². The molecule has 2 aromatic rings. The highest BCUT2D eigenvalue weighted by atomic mass is 16.5. The lowest BCUT2D eigenvalue weighted by molar-refractivity contribution is 0.190. The summed E-state index contributed by atoms with van der Waals surface area (Å²) in [5, 5.41) is 3.06. The molecule has 0 radical (unpaired) electrons. The molecule has 1 saturated heterocycles. The molecule has 25 heavy (non-hydrogen) atoms. The average molecular weight is 343 g/mol. The number of carbonyl (C=O) groups is 1. The summed E-state index contributed by atoms with van der Waals surface area (Å²) in [4.78, 5) is 20.6. The average Bonchev–Trinajstić information content (AvgIpc) is 3.14. The number of methoxy groups -OCH3 is 1. The normalized spacial score (nSPS) is 15.8. The first-order valence-electron chi connectivity index (χ1n) is 8.56. The van der Waals surface area contributed by atoms with E-state index in [2.05, 4.69) is 21.3 Å². The second kappa shape index (κ2) is 7.92. The van der Waals surface area contributed by atoms with Gasteiger partial charge < -0.3 is 24.4 Å². The Kier molecular flexibility index (Phi) is 5.42. The van der Waals surface area contributed by atoms with E-state index >= 15 is 0 Å². The third kappa shape index (κ3) is 4.43. The van der Waals surface area contributed by atoms with Crippen molar-refractivity contribution < 1.29 is 9.53 Å². The molecule has 0 unspecified atom stereocenters. The minimum absolute atomic E-state index is 0.00194. The topological polar surface area (TPSA) is 62.6 Å². The van der Waals surface area contributed by atoms with E-state index in [0.717, 1.165) is 31.1 Å². The Bertz CT molecular complexity index is 681. The van der Waals surface area contributed by atoms with Gasteiger partial charge in [0.15, 0.2) is 0 Å². The first kappa shape index (κ1) is 17.1. The zero-order valence-electron chi connectivity index (χ0n) is 14.8. The van der Waals surface area contributed by atoms with Crippen molar-refractivity contribution in [2.24, 2.45) is 0 Å². The molecule has 7 nitrogen and oxygen atoms in total. The number of aromatic nitrogens is 2. The summed E-state index contributed by atoms with van der Waals surface area (Å²) < 4.78 is 7.25. The van der Waals surface area contributed by atoms with E-state index in [-0.39, 0.29) is 12.1 Å². The van der Waals surface area contributed by atoms with Gasteiger partial charge in [-0.05, 0) is 19.1 Å². The molecule has 2 heterocycles. The molecule has 1 atom stereocenters. The van der Waals surface area contributed by atoms with Gasteiger partial charge in [0.2, 0.25) is 0 Å². The maximum Gasteiger partial charge on any atom is 0.317 e. The molecule has 1 aromatic carbocycles. The number of anilines is 1. The number of ether oxygens (including phenoxy) is 1. The standard InChI is InChI=1S/C18H25N5O2/c1-15(13-21-7-6-19-14-21)20-18(24)23-10-8-22(9-11-23)16-4-3-5-17(12-16)25-2/h3-7,12,14-15H,8-11,13H2,1-2H3,(H,20,24)/t15-/m1/s1. The fourth-order valence-electron chi connectivity index (χ4n) is 3.03. The highest BCUT2D eigenvalue weighted by Gasteiger charge is 2.22. The zero-order chi connectivity index (χ0) is 17.6. The van der Waals surface area contributed by atoms with Crippen molar-refractivity contribution >= 4 is 11.7 Å². The molecule has 0 saturated carbocycles. The quantitative estimate of drug-likeness (QED) is 0.899. The number of nitrogens with zero attached hydrogens (tertiary/aromatic N) is 4. The molecule has 0 spiro atoms. The van der Waals surface area contributed by atoms with E-state index in [1.54, 1.807) is 19.6 Å². The largest absolute Gasteiger partial charge is 0.497 e. The van der Waals surface area contributed by atoms with Gasteiger partial charge in [-0.3, -0.25) is 0 Å². The van der Waals surface area contributed by atoms with Crippen molar-refractivity contribution in [2.75, 3.05) is 38.2 Å². The molecule has 1 aliphatic rings. The summed E-state index contributed by atoms with van der Waals surface area (Å²) >= 11 is 0. The number of nitrogens with one attached hydrogen (secondary N) is 1. The van der Waals surface area contributed by atoms with Gasteiger partial charge in [-0.1, -0.05) is 6.07 Å². The van der Waals surface area contributed by atoms with E-state index in [1.807, 2.05) is 40.8 Å². The number of piperazine rings is 1. The van der Waals surface area contributed by atoms with Crippen LogP contribution in [0.3, 0.4) is 0 Å². The highest BCUT2D eigenvalue weighted by Crippen LogP contribution is 2.22. The van der Waals surface area contributed by atoms with Crippen LogP contribution in [-0.2, 0) is 6.54 Å². The molecule has 134 valence electrons. The summed E-state index contributed by atoms with van der Waals surface area (Å²) in [6, 6.07) is 8.09. The molecule has 1 fully saturated rings. The fraction of sp³-hybridized carbons (Fsp3) is 0.444. The van der Waals surface area contributed by atoms with Crippen LogP contribution in [0.15, 0.2) is 43.0 Å². The van der Waals surface area contributed by atoms with E-state index < -0.39 is 0 Å².